The second-order valence-electron chi connectivity index (χ2n) is 3.64. The van der Waals surface area contributed by atoms with E-state index in [0.29, 0.717) is 0 Å². The zero-order valence-electron chi connectivity index (χ0n) is 9.76. The van der Waals surface area contributed by atoms with E-state index in [4.69, 9.17) is 5.73 Å². The second-order valence-corrected chi connectivity index (χ2v) is 4.80. The predicted octanol–water partition coefficient (Wildman–Crippen LogP) is 2.27. The lowest BCUT2D eigenvalue weighted by Gasteiger charge is -2.08. The van der Waals surface area contributed by atoms with Gasteiger partial charge in [0.05, 0.1) is 0 Å². The number of alkyl halides is 3. The molecule has 106 valence electrons. The molecule has 1 amide bonds. The van der Waals surface area contributed by atoms with Crippen LogP contribution in [0.1, 0.15) is 15.9 Å². The smallest absolute Gasteiger partial charge is 0.366 e. The fourth-order valence-corrected chi connectivity index (χ4v) is 1.80. The quantitative estimate of drug-likeness (QED) is 0.625. The van der Waals surface area contributed by atoms with Crippen molar-refractivity contribution in [1.29, 1.82) is 0 Å². The van der Waals surface area contributed by atoms with Crippen LogP contribution in [0.3, 0.4) is 0 Å². The first-order chi connectivity index (χ1) is 8.79. The highest BCUT2D eigenvalue weighted by Gasteiger charge is 2.27. The Morgan fingerprint density at radius 3 is 2.63 bits per heavy atom. The molecule has 3 N–H and O–H groups in total. The summed E-state index contributed by atoms with van der Waals surface area (Å²) < 4.78 is 48.9. The van der Waals surface area contributed by atoms with Crippen molar-refractivity contribution in [3.8, 4) is 0 Å². The van der Waals surface area contributed by atoms with E-state index in [1.165, 1.54) is 12.1 Å². The summed E-state index contributed by atoms with van der Waals surface area (Å²) in [6.07, 6.45) is 0. The summed E-state index contributed by atoms with van der Waals surface area (Å²) in [5.41, 5.74) is 1.13. The molecule has 0 aliphatic rings. The number of hydrogen-bond acceptors (Lipinski definition) is 3. The Bertz CT molecular complexity index is 451. The molecule has 0 aliphatic heterocycles. The second kappa shape index (κ2) is 6.76. The van der Waals surface area contributed by atoms with E-state index in [1.807, 2.05) is 0 Å². The van der Waals surface area contributed by atoms with Gasteiger partial charge in [0.25, 0.3) is 0 Å². The van der Waals surface area contributed by atoms with Gasteiger partial charge in [-0.15, -0.1) is 0 Å². The predicted molar refractivity (Wildman–Crippen MR) is 65.1 cm³/mol. The van der Waals surface area contributed by atoms with Crippen LogP contribution < -0.4 is 11.1 Å². The maximum atomic E-state index is 13.4. The molecule has 0 fully saturated rings. The number of primary amides is 1. The third-order valence-corrected chi connectivity index (χ3v) is 2.93. The van der Waals surface area contributed by atoms with Crippen molar-refractivity contribution in [2.24, 2.45) is 5.73 Å². The summed E-state index contributed by atoms with van der Waals surface area (Å²) in [6, 6.07) is 3.63. The third kappa shape index (κ3) is 5.93. The molecule has 0 aliphatic carbocycles. The van der Waals surface area contributed by atoms with Crippen LogP contribution in [0.4, 0.5) is 17.6 Å². The fraction of sp³-hybridized carbons (Fsp3) is 0.364. The van der Waals surface area contributed by atoms with E-state index in [-0.39, 0.29) is 41.7 Å². The number of carbonyl (C=O) groups is 1. The molecule has 1 rings (SSSR count). The lowest BCUT2D eigenvalue weighted by atomic mass is 10.1. The lowest BCUT2D eigenvalue weighted by Crippen LogP contribution is -2.20. The number of nitrogens with two attached hydrogens (primary N) is 1. The number of rotatable bonds is 6. The first kappa shape index (κ1) is 15.8. The van der Waals surface area contributed by atoms with Crippen molar-refractivity contribution in [2.45, 2.75) is 12.1 Å². The largest absolute Gasteiger partial charge is 0.441 e. The first-order valence-corrected chi connectivity index (χ1v) is 6.28. The number of halogens is 4. The highest BCUT2D eigenvalue weighted by molar-refractivity contribution is 8.00. The van der Waals surface area contributed by atoms with Gasteiger partial charge in [-0.3, -0.25) is 4.79 Å². The Morgan fingerprint density at radius 1 is 1.37 bits per heavy atom. The number of amides is 1. The van der Waals surface area contributed by atoms with Crippen LogP contribution in [0.2, 0.25) is 0 Å². The number of nitrogens with one attached hydrogen (secondary N) is 1. The highest BCUT2D eigenvalue weighted by Crippen LogP contribution is 2.29. The normalized spacial score (nSPS) is 11.6. The standard InChI is InChI=1S/C11H12F4N2OS/c12-9-2-1-7(10(16)18)5-8(9)6-17-3-4-19-11(13,14)15/h1-2,5,17H,3-4,6H2,(H2,16,18). The minimum atomic E-state index is -4.27. The zero-order valence-corrected chi connectivity index (χ0v) is 10.6. The summed E-state index contributed by atoms with van der Waals surface area (Å²) in [5, 5.41) is 2.67. The molecule has 0 aromatic heterocycles. The van der Waals surface area contributed by atoms with Crippen LogP contribution in [0.5, 0.6) is 0 Å². The van der Waals surface area contributed by atoms with Gasteiger partial charge >= 0.3 is 5.51 Å². The van der Waals surface area contributed by atoms with Crippen molar-refractivity contribution < 1.29 is 22.4 Å². The molecule has 0 saturated carbocycles. The molecule has 3 nitrogen and oxygen atoms in total. The van der Waals surface area contributed by atoms with Crippen LogP contribution in [-0.4, -0.2) is 23.7 Å². The van der Waals surface area contributed by atoms with Crippen LogP contribution >= 0.6 is 11.8 Å². The molecule has 0 saturated heterocycles. The Labute approximate surface area is 111 Å². The van der Waals surface area contributed by atoms with Crippen molar-refractivity contribution in [1.82, 2.24) is 5.32 Å². The number of thioether (sulfide) groups is 1. The highest BCUT2D eigenvalue weighted by atomic mass is 32.2. The molecule has 8 heteroatoms. The summed E-state index contributed by atoms with van der Waals surface area (Å²) >= 11 is -0.149. The van der Waals surface area contributed by atoms with E-state index < -0.39 is 17.2 Å². The van der Waals surface area contributed by atoms with Gasteiger partial charge in [0.1, 0.15) is 5.82 Å². The third-order valence-electron chi connectivity index (χ3n) is 2.19. The van der Waals surface area contributed by atoms with E-state index in [1.54, 1.807) is 0 Å². The number of hydrogen-bond donors (Lipinski definition) is 2. The molecule has 0 bridgehead atoms. The Balaban J connectivity index is 2.45. The van der Waals surface area contributed by atoms with Crippen molar-refractivity contribution in [3.05, 3.63) is 35.1 Å². The first-order valence-electron chi connectivity index (χ1n) is 5.29. The van der Waals surface area contributed by atoms with Gasteiger partial charge in [-0.2, -0.15) is 13.2 Å². The SMILES string of the molecule is NC(=O)c1ccc(F)c(CNCCSC(F)(F)F)c1. The maximum Gasteiger partial charge on any atom is 0.441 e. The molecule has 0 heterocycles. The van der Waals surface area contributed by atoms with Gasteiger partial charge < -0.3 is 11.1 Å². The van der Waals surface area contributed by atoms with Crippen LogP contribution in [0, 0.1) is 5.82 Å². The fourth-order valence-electron chi connectivity index (χ4n) is 1.33. The molecular formula is C11H12F4N2OS. The molecule has 0 unspecified atom stereocenters. The molecule has 0 radical (unpaired) electrons. The number of carbonyl (C=O) groups excluding carboxylic acids is 1. The van der Waals surface area contributed by atoms with E-state index in [2.05, 4.69) is 5.32 Å². The topological polar surface area (TPSA) is 55.1 Å². The minimum Gasteiger partial charge on any atom is -0.366 e. The summed E-state index contributed by atoms with van der Waals surface area (Å²) in [4.78, 5) is 10.9. The van der Waals surface area contributed by atoms with Crippen LogP contribution in [0.25, 0.3) is 0 Å². The van der Waals surface area contributed by atoms with Gasteiger partial charge in [0.2, 0.25) is 5.91 Å². The molecular weight excluding hydrogens is 284 g/mol. The average Bonchev–Trinajstić information content (AvgIpc) is 2.29. The Kier molecular flexibility index (Phi) is 5.61. The Hall–Kier alpha value is -1.28. The van der Waals surface area contributed by atoms with Gasteiger partial charge in [-0.25, -0.2) is 4.39 Å². The number of benzene rings is 1. The molecule has 0 spiro atoms. The van der Waals surface area contributed by atoms with Crippen LogP contribution in [0.15, 0.2) is 18.2 Å². The van der Waals surface area contributed by atoms with E-state index in [0.717, 1.165) is 6.07 Å². The Morgan fingerprint density at radius 2 is 2.05 bits per heavy atom. The summed E-state index contributed by atoms with van der Waals surface area (Å²) in [7, 11) is 0. The van der Waals surface area contributed by atoms with E-state index >= 15 is 0 Å². The van der Waals surface area contributed by atoms with Crippen LogP contribution in [-0.2, 0) is 6.54 Å². The van der Waals surface area contributed by atoms with Gasteiger partial charge in [-0.1, -0.05) is 0 Å². The maximum absolute atomic E-state index is 13.4. The van der Waals surface area contributed by atoms with Gasteiger partial charge in [0.15, 0.2) is 0 Å². The zero-order chi connectivity index (χ0) is 14.5. The monoisotopic (exact) mass is 296 g/mol. The van der Waals surface area contributed by atoms with Crippen molar-refractivity contribution in [3.63, 3.8) is 0 Å². The molecule has 19 heavy (non-hydrogen) atoms. The minimum absolute atomic E-state index is 0.0331. The summed E-state index contributed by atoms with van der Waals surface area (Å²) in [6.45, 7) is 0.107. The van der Waals surface area contributed by atoms with Gasteiger partial charge in [-0.05, 0) is 30.0 Å². The average molecular weight is 296 g/mol. The molecule has 1 aromatic rings. The van der Waals surface area contributed by atoms with Crippen molar-refractivity contribution in [2.75, 3.05) is 12.3 Å². The van der Waals surface area contributed by atoms with E-state index in [9.17, 15) is 22.4 Å². The van der Waals surface area contributed by atoms with Crippen molar-refractivity contribution >= 4 is 17.7 Å². The summed E-state index contributed by atoms with van der Waals surface area (Å²) in [5.74, 6) is -1.39. The lowest BCUT2D eigenvalue weighted by molar-refractivity contribution is -0.0327. The molecule has 1 aromatic carbocycles. The van der Waals surface area contributed by atoms with Gasteiger partial charge in [0, 0.05) is 30.0 Å². The molecule has 0 atom stereocenters.